The molecule has 1 fully saturated rings. The van der Waals surface area contributed by atoms with E-state index in [-0.39, 0.29) is 10.9 Å². The van der Waals surface area contributed by atoms with Crippen molar-refractivity contribution < 1.29 is 8.42 Å². The summed E-state index contributed by atoms with van der Waals surface area (Å²) < 4.78 is 28.9. The van der Waals surface area contributed by atoms with Crippen molar-refractivity contribution >= 4 is 15.7 Å². The second-order valence-electron chi connectivity index (χ2n) is 9.20. The Kier molecular flexibility index (Phi) is 6.46. The van der Waals surface area contributed by atoms with Gasteiger partial charge in [0.25, 0.3) is 0 Å². The third kappa shape index (κ3) is 4.82. The Hall–Kier alpha value is -2.71. The number of sulfonamides is 1. The van der Waals surface area contributed by atoms with Gasteiger partial charge in [0, 0.05) is 43.4 Å². The number of nitrogens with one attached hydrogen (secondary N) is 1. The van der Waals surface area contributed by atoms with Gasteiger partial charge in [-0.2, -0.15) is 4.31 Å². The molecule has 1 unspecified atom stereocenters. The number of pyridine rings is 1. The van der Waals surface area contributed by atoms with Crippen molar-refractivity contribution in [3.8, 4) is 0 Å². The Morgan fingerprint density at radius 1 is 1.00 bits per heavy atom. The maximum atomic E-state index is 13.6. The van der Waals surface area contributed by atoms with Gasteiger partial charge < -0.3 is 9.88 Å². The number of imidazole rings is 1. The van der Waals surface area contributed by atoms with E-state index in [2.05, 4.69) is 25.9 Å². The second kappa shape index (κ2) is 9.65. The SMILES string of the molecule is O=S(=O)(c1cccnc1)N1Cc2ccccc2N(Cc2cnc[nH]2)C(CCC2CCCC2)C1. The standard InChI is InChI=1S/C25H31N5O2S/c31-33(32,24-9-5-13-26-15-24)29-16-21-8-3-4-10-25(21)30(17-22-14-27-19-28-22)23(18-29)12-11-20-6-1-2-7-20/h3-5,8-10,13-15,19-20,23H,1-2,6-7,11-12,16-18H2,(H,27,28). The fraction of sp³-hybridized carbons (Fsp3) is 0.440. The fourth-order valence-electron chi connectivity index (χ4n) is 5.28. The number of hydrogen-bond acceptors (Lipinski definition) is 5. The Balaban J connectivity index is 1.51. The number of H-pyrrole nitrogens is 1. The summed E-state index contributed by atoms with van der Waals surface area (Å²) in [6, 6.07) is 11.6. The lowest BCUT2D eigenvalue weighted by atomic mass is 9.97. The Labute approximate surface area is 195 Å². The fourth-order valence-corrected chi connectivity index (χ4v) is 6.70. The van der Waals surface area contributed by atoms with E-state index >= 15 is 0 Å². The minimum absolute atomic E-state index is 0.0731. The van der Waals surface area contributed by atoms with Gasteiger partial charge in [0.2, 0.25) is 10.0 Å². The quantitative estimate of drug-likeness (QED) is 0.561. The zero-order chi connectivity index (χ0) is 22.7. The molecular formula is C25H31N5O2S. The number of fused-ring (bicyclic) bond motifs is 1. The number of anilines is 1. The van der Waals surface area contributed by atoms with Gasteiger partial charge in [-0.1, -0.05) is 43.9 Å². The first-order valence-electron chi connectivity index (χ1n) is 11.8. The van der Waals surface area contributed by atoms with E-state index in [1.54, 1.807) is 29.0 Å². The molecule has 0 spiro atoms. The molecule has 0 bridgehead atoms. The second-order valence-corrected chi connectivity index (χ2v) is 11.1. The van der Waals surface area contributed by atoms with Crippen LogP contribution in [0.4, 0.5) is 5.69 Å². The van der Waals surface area contributed by atoms with Crippen LogP contribution in [0.25, 0.3) is 0 Å². The minimum Gasteiger partial charge on any atom is -0.361 e. The third-order valence-corrected chi connectivity index (χ3v) is 8.85. The van der Waals surface area contributed by atoms with Crippen molar-refractivity contribution in [3.63, 3.8) is 0 Å². The van der Waals surface area contributed by atoms with Crippen LogP contribution in [0.1, 0.15) is 49.8 Å². The molecule has 1 aliphatic heterocycles. The molecule has 33 heavy (non-hydrogen) atoms. The number of aromatic amines is 1. The lowest BCUT2D eigenvalue weighted by Crippen LogP contribution is -2.43. The van der Waals surface area contributed by atoms with E-state index in [1.165, 1.54) is 31.9 Å². The molecule has 174 valence electrons. The number of nitrogens with zero attached hydrogens (tertiary/aromatic N) is 4. The van der Waals surface area contributed by atoms with Crippen LogP contribution in [0.3, 0.4) is 0 Å². The van der Waals surface area contributed by atoms with Crippen molar-refractivity contribution in [3.05, 3.63) is 72.6 Å². The van der Waals surface area contributed by atoms with E-state index < -0.39 is 10.0 Å². The first-order chi connectivity index (χ1) is 16.1. The van der Waals surface area contributed by atoms with E-state index in [4.69, 9.17) is 0 Å². The molecule has 1 aromatic carbocycles. The molecule has 0 radical (unpaired) electrons. The molecule has 1 N–H and O–H groups in total. The van der Waals surface area contributed by atoms with Crippen LogP contribution in [-0.4, -0.2) is 40.3 Å². The van der Waals surface area contributed by atoms with Crippen molar-refractivity contribution in [1.29, 1.82) is 0 Å². The van der Waals surface area contributed by atoms with Crippen LogP contribution in [0.5, 0.6) is 0 Å². The van der Waals surface area contributed by atoms with Crippen LogP contribution in [0.15, 0.2) is 66.2 Å². The summed E-state index contributed by atoms with van der Waals surface area (Å²) in [4.78, 5) is 14.1. The van der Waals surface area contributed by atoms with E-state index in [9.17, 15) is 8.42 Å². The lowest BCUT2D eigenvalue weighted by Gasteiger charge is -2.34. The molecule has 3 heterocycles. The Bertz CT molecular complexity index is 1140. The summed E-state index contributed by atoms with van der Waals surface area (Å²) in [7, 11) is -3.66. The molecule has 3 aromatic rings. The van der Waals surface area contributed by atoms with Crippen LogP contribution in [0, 0.1) is 5.92 Å². The summed E-state index contributed by atoms with van der Waals surface area (Å²) in [5.74, 6) is 0.751. The highest BCUT2D eigenvalue weighted by Crippen LogP contribution is 2.35. The van der Waals surface area contributed by atoms with Crippen LogP contribution < -0.4 is 4.90 Å². The molecule has 0 saturated heterocycles. The largest absolute Gasteiger partial charge is 0.361 e. The van der Waals surface area contributed by atoms with Gasteiger partial charge in [0.05, 0.1) is 18.6 Å². The van der Waals surface area contributed by atoms with Gasteiger partial charge in [0.1, 0.15) is 4.90 Å². The molecule has 1 atom stereocenters. The zero-order valence-corrected chi connectivity index (χ0v) is 19.6. The highest BCUT2D eigenvalue weighted by atomic mass is 32.2. The number of rotatable bonds is 7. The van der Waals surface area contributed by atoms with E-state index in [1.807, 2.05) is 24.4 Å². The molecule has 8 heteroatoms. The molecular weight excluding hydrogens is 434 g/mol. The molecule has 1 aliphatic carbocycles. The predicted octanol–water partition coefficient (Wildman–Crippen LogP) is 4.35. The van der Waals surface area contributed by atoms with Gasteiger partial charge in [-0.15, -0.1) is 0 Å². The lowest BCUT2D eigenvalue weighted by molar-refractivity contribution is 0.350. The van der Waals surface area contributed by atoms with Gasteiger partial charge in [0.15, 0.2) is 0 Å². The monoisotopic (exact) mass is 465 g/mol. The molecule has 7 nitrogen and oxygen atoms in total. The summed E-state index contributed by atoms with van der Waals surface area (Å²) >= 11 is 0. The van der Waals surface area contributed by atoms with Crippen molar-refractivity contribution in [2.24, 2.45) is 5.92 Å². The molecule has 5 rings (SSSR count). The molecule has 1 saturated carbocycles. The number of hydrogen-bond donors (Lipinski definition) is 1. The maximum Gasteiger partial charge on any atom is 0.244 e. The van der Waals surface area contributed by atoms with E-state index in [0.717, 1.165) is 35.7 Å². The number of para-hydroxylation sites is 1. The van der Waals surface area contributed by atoms with Crippen molar-refractivity contribution in [2.75, 3.05) is 11.4 Å². The predicted molar refractivity (Wildman–Crippen MR) is 128 cm³/mol. The van der Waals surface area contributed by atoms with Crippen LogP contribution in [0.2, 0.25) is 0 Å². The Morgan fingerprint density at radius 3 is 2.61 bits per heavy atom. The van der Waals surface area contributed by atoms with Gasteiger partial charge in [-0.05, 0) is 42.5 Å². The van der Waals surface area contributed by atoms with Gasteiger partial charge >= 0.3 is 0 Å². The summed E-state index contributed by atoms with van der Waals surface area (Å²) in [5.41, 5.74) is 3.15. The van der Waals surface area contributed by atoms with Crippen molar-refractivity contribution in [1.82, 2.24) is 19.3 Å². The average Bonchev–Trinajstić information content (AvgIpc) is 3.52. The van der Waals surface area contributed by atoms with Crippen LogP contribution >= 0.6 is 0 Å². The van der Waals surface area contributed by atoms with Crippen molar-refractivity contribution in [2.45, 2.75) is 62.6 Å². The number of aromatic nitrogens is 3. The normalized spacial score (nSPS) is 20.0. The first kappa shape index (κ1) is 22.1. The Morgan fingerprint density at radius 2 is 1.85 bits per heavy atom. The molecule has 2 aromatic heterocycles. The number of benzene rings is 1. The third-order valence-electron chi connectivity index (χ3n) is 7.05. The maximum absolute atomic E-state index is 13.6. The highest BCUT2D eigenvalue weighted by Gasteiger charge is 2.35. The smallest absolute Gasteiger partial charge is 0.244 e. The highest BCUT2D eigenvalue weighted by molar-refractivity contribution is 7.89. The van der Waals surface area contributed by atoms with Gasteiger partial charge in [-0.3, -0.25) is 4.98 Å². The zero-order valence-electron chi connectivity index (χ0n) is 18.8. The van der Waals surface area contributed by atoms with Crippen LogP contribution in [-0.2, 0) is 23.1 Å². The summed E-state index contributed by atoms with van der Waals surface area (Å²) in [5, 5.41) is 0. The van der Waals surface area contributed by atoms with E-state index in [0.29, 0.717) is 19.6 Å². The summed E-state index contributed by atoms with van der Waals surface area (Å²) in [6.45, 7) is 1.48. The first-order valence-corrected chi connectivity index (χ1v) is 13.3. The molecule has 0 amide bonds. The topological polar surface area (TPSA) is 82.2 Å². The summed E-state index contributed by atoms with van der Waals surface area (Å²) in [6.07, 6.45) is 13.9. The minimum atomic E-state index is -3.66. The van der Waals surface area contributed by atoms with Gasteiger partial charge in [-0.25, -0.2) is 13.4 Å². The molecule has 2 aliphatic rings. The average molecular weight is 466 g/mol.